The van der Waals surface area contributed by atoms with Gasteiger partial charge in [-0.2, -0.15) is 0 Å². The van der Waals surface area contributed by atoms with Gasteiger partial charge in [0.2, 0.25) is 0 Å². The quantitative estimate of drug-likeness (QED) is 0.656. The molecule has 13 heavy (non-hydrogen) atoms. The summed E-state index contributed by atoms with van der Waals surface area (Å²) >= 11 is 0. The Morgan fingerprint density at radius 1 is 1.23 bits per heavy atom. The van der Waals surface area contributed by atoms with Crippen LogP contribution >= 0.6 is 0 Å². The molecule has 0 spiro atoms. The van der Waals surface area contributed by atoms with Crippen molar-refractivity contribution in [1.82, 2.24) is 9.80 Å². The van der Waals surface area contributed by atoms with E-state index < -0.39 is 0 Å². The molecule has 0 aromatic heterocycles. The molecule has 78 valence electrons. The summed E-state index contributed by atoms with van der Waals surface area (Å²) in [6.07, 6.45) is 2.80. The minimum atomic E-state index is 0.952. The molecular formula is C11H24N2. The summed E-state index contributed by atoms with van der Waals surface area (Å²) in [6, 6.07) is 0. The van der Waals surface area contributed by atoms with E-state index in [1.807, 2.05) is 0 Å². The third kappa shape index (κ3) is 3.65. The Kier molecular flexibility index (Phi) is 4.74. The molecule has 0 N–H and O–H groups in total. The molecule has 1 rings (SSSR count). The van der Waals surface area contributed by atoms with E-state index in [1.54, 1.807) is 0 Å². The molecule has 2 heteroatoms. The van der Waals surface area contributed by atoms with E-state index in [9.17, 15) is 0 Å². The molecule has 0 radical (unpaired) electrons. The molecule has 1 heterocycles. The average Bonchev–Trinajstić information content (AvgIpc) is 2.19. The Bertz CT molecular complexity index is 128. The lowest BCUT2D eigenvalue weighted by Gasteiger charge is -2.32. The predicted molar refractivity (Wildman–Crippen MR) is 58.0 cm³/mol. The van der Waals surface area contributed by atoms with Crippen molar-refractivity contribution in [3.63, 3.8) is 0 Å². The fourth-order valence-electron chi connectivity index (χ4n) is 2.06. The maximum atomic E-state index is 2.56. The Morgan fingerprint density at radius 2 is 1.85 bits per heavy atom. The summed E-state index contributed by atoms with van der Waals surface area (Å²) in [5.41, 5.74) is 0. The fourth-order valence-corrected chi connectivity index (χ4v) is 2.06. The lowest BCUT2D eigenvalue weighted by atomic mass is 9.96. The molecule has 0 aromatic rings. The normalized spacial score (nSPS) is 21.2. The van der Waals surface area contributed by atoms with Gasteiger partial charge in [0, 0.05) is 6.54 Å². The van der Waals surface area contributed by atoms with Crippen molar-refractivity contribution in [3.05, 3.63) is 0 Å². The molecule has 0 aliphatic carbocycles. The highest BCUT2D eigenvalue weighted by atomic mass is 15.1. The Labute approximate surface area is 82.9 Å². The van der Waals surface area contributed by atoms with Gasteiger partial charge in [-0.1, -0.05) is 13.8 Å². The van der Waals surface area contributed by atoms with Crippen molar-refractivity contribution in [3.8, 4) is 0 Å². The second kappa shape index (κ2) is 5.61. The van der Waals surface area contributed by atoms with Crippen LogP contribution in [-0.2, 0) is 0 Å². The fraction of sp³-hybridized carbons (Fsp3) is 1.00. The smallest absolute Gasteiger partial charge is 0.000744 e. The number of hydrogen-bond donors (Lipinski definition) is 0. The van der Waals surface area contributed by atoms with Crippen molar-refractivity contribution in [2.45, 2.75) is 26.7 Å². The Morgan fingerprint density at radius 3 is 2.31 bits per heavy atom. The number of likely N-dealkylation sites (tertiary alicyclic amines) is 1. The zero-order chi connectivity index (χ0) is 9.68. The minimum Gasteiger partial charge on any atom is -0.306 e. The van der Waals surface area contributed by atoms with Crippen LogP contribution in [0.1, 0.15) is 26.7 Å². The lowest BCUT2D eigenvalue weighted by Crippen LogP contribution is -2.37. The van der Waals surface area contributed by atoms with Crippen molar-refractivity contribution in [2.75, 3.05) is 39.8 Å². The zero-order valence-electron chi connectivity index (χ0n) is 9.42. The molecule has 1 fully saturated rings. The molecule has 0 unspecified atom stereocenters. The first-order valence-corrected chi connectivity index (χ1v) is 5.67. The molecule has 0 aromatic carbocycles. The van der Waals surface area contributed by atoms with Crippen LogP contribution in [0.3, 0.4) is 0 Å². The van der Waals surface area contributed by atoms with Gasteiger partial charge in [-0.3, -0.25) is 0 Å². The first kappa shape index (κ1) is 11.0. The largest absolute Gasteiger partial charge is 0.306 e. The third-order valence-corrected chi connectivity index (χ3v) is 3.26. The van der Waals surface area contributed by atoms with Gasteiger partial charge in [-0.15, -0.1) is 0 Å². The molecule has 0 saturated carbocycles. The summed E-state index contributed by atoms with van der Waals surface area (Å²) < 4.78 is 0. The highest BCUT2D eigenvalue weighted by Gasteiger charge is 2.18. The number of rotatable bonds is 4. The SMILES string of the molecule is CCN(C)CC1CCN(CC)CC1. The van der Waals surface area contributed by atoms with Crippen LogP contribution in [0.15, 0.2) is 0 Å². The van der Waals surface area contributed by atoms with Gasteiger partial charge in [0.15, 0.2) is 0 Å². The summed E-state index contributed by atoms with van der Waals surface area (Å²) in [5, 5.41) is 0. The third-order valence-electron chi connectivity index (χ3n) is 3.26. The lowest BCUT2D eigenvalue weighted by molar-refractivity contribution is 0.162. The summed E-state index contributed by atoms with van der Waals surface area (Å²) in [5.74, 6) is 0.952. The monoisotopic (exact) mass is 184 g/mol. The van der Waals surface area contributed by atoms with Gasteiger partial charge < -0.3 is 9.80 Å². The highest BCUT2D eigenvalue weighted by Crippen LogP contribution is 2.17. The van der Waals surface area contributed by atoms with Crippen LogP contribution in [0.5, 0.6) is 0 Å². The second-order valence-electron chi connectivity index (χ2n) is 4.23. The summed E-state index contributed by atoms with van der Waals surface area (Å²) in [6.45, 7) is 10.9. The maximum absolute atomic E-state index is 2.56. The van der Waals surface area contributed by atoms with E-state index in [0.717, 1.165) is 5.92 Å². The van der Waals surface area contributed by atoms with Crippen molar-refractivity contribution in [2.24, 2.45) is 5.92 Å². The Hall–Kier alpha value is -0.0800. The van der Waals surface area contributed by atoms with Crippen LogP contribution in [0.25, 0.3) is 0 Å². The topological polar surface area (TPSA) is 6.48 Å². The molecule has 1 saturated heterocycles. The van der Waals surface area contributed by atoms with E-state index in [-0.39, 0.29) is 0 Å². The maximum Gasteiger partial charge on any atom is 0.000744 e. The highest BCUT2D eigenvalue weighted by molar-refractivity contribution is 4.73. The average molecular weight is 184 g/mol. The summed E-state index contributed by atoms with van der Waals surface area (Å²) in [7, 11) is 2.23. The van der Waals surface area contributed by atoms with Gasteiger partial charge in [0.05, 0.1) is 0 Å². The number of nitrogens with zero attached hydrogens (tertiary/aromatic N) is 2. The van der Waals surface area contributed by atoms with Gasteiger partial charge in [-0.25, -0.2) is 0 Å². The molecule has 1 aliphatic heterocycles. The molecular weight excluding hydrogens is 160 g/mol. The van der Waals surface area contributed by atoms with E-state index in [1.165, 1.54) is 45.6 Å². The van der Waals surface area contributed by atoms with Gasteiger partial charge in [0.1, 0.15) is 0 Å². The number of piperidine rings is 1. The molecule has 0 atom stereocenters. The van der Waals surface area contributed by atoms with E-state index in [2.05, 4.69) is 30.7 Å². The van der Waals surface area contributed by atoms with E-state index in [4.69, 9.17) is 0 Å². The van der Waals surface area contributed by atoms with Crippen LogP contribution in [0.2, 0.25) is 0 Å². The van der Waals surface area contributed by atoms with Crippen molar-refractivity contribution in [1.29, 1.82) is 0 Å². The van der Waals surface area contributed by atoms with Crippen LogP contribution < -0.4 is 0 Å². The minimum absolute atomic E-state index is 0.952. The predicted octanol–water partition coefficient (Wildman–Crippen LogP) is 1.67. The van der Waals surface area contributed by atoms with E-state index >= 15 is 0 Å². The van der Waals surface area contributed by atoms with Crippen LogP contribution in [-0.4, -0.2) is 49.6 Å². The van der Waals surface area contributed by atoms with Crippen molar-refractivity contribution >= 4 is 0 Å². The first-order valence-electron chi connectivity index (χ1n) is 5.67. The second-order valence-corrected chi connectivity index (χ2v) is 4.23. The van der Waals surface area contributed by atoms with Crippen molar-refractivity contribution < 1.29 is 0 Å². The standard InChI is InChI=1S/C11H24N2/c1-4-12(3)10-11-6-8-13(5-2)9-7-11/h11H,4-10H2,1-3H3. The molecule has 0 amide bonds. The molecule has 2 nitrogen and oxygen atoms in total. The number of hydrogen-bond acceptors (Lipinski definition) is 2. The molecule has 0 bridgehead atoms. The van der Waals surface area contributed by atoms with E-state index in [0.29, 0.717) is 0 Å². The van der Waals surface area contributed by atoms with Gasteiger partial charge in [0.25, 0.3) is 0 Å². The van der Waals surface area contributed by atoms with Crippen LogP contribution in [0, 0.1) is 5.92 Å². The Balaban J connectivity index is 2.17. The summed E-state index contributed by atoms with van der Waals surface area (Å²) in [4.78, 5) is 4.99. The van der Waals surface area contributed by atoms with Gasteiger partial charge >= 0.3 is 0 Å². The molecule has 1 aliphatic rings. The van der Waals surface area contributed by atoms with Crippen LogP contribution in [0.4, 0.5) is 0 Å². The zero-order valence-corrected chi connectivity index (χ0v) is 9.42. The van der Waals surface area contributed by atoms with Gasteiger partial charge in [-0.05, 0) is 52.0 Å². The first-order chi connectivity index (χ1) is 6.26.